The minimum Gasteiger partial charge on any atom is -0.351 e. The van der Waals surface area contributed by atoms with Crippen LogP contribution in [0.4, 0.5) is 5.95 Å². The number of anilines is 1. The quantitative estimate of drug-likeness (QED) is 0.809. The Morgan fingerprint density at radius 1 is 1.43 bits per heavy atom. The van der Waals surface area contributed by atoms with Crippen molar-refractivity contribution in [1.29, 1.82) is 0 Å². The Kier molecular flexibility index (Phi) is 3.24. The molecule has 1 atom stereocenters. The van der Waals surface area contributed by atoms with Gasteiger partial charge in [0, 0.05) is 24.2 Å². The highest BCUT2D eigenvalue weighted by molar-refractivity contribution is 7.99. The van der Waals surface area contributed by atoms with E-state index in [0.717, 1.165) is 11.5 Å². The van der Waals surface area contributed by atoms with Gasteiger partial charge >= 0.3 is 0 Å². The number of aryl methyl sites for hydroxylation is 1. The van der Waals surface area contributed by atoms with Crippen LogP contribution in [0.5, 0.6) is 0 Å². The molecular formula is C10H15N3S. The maximum atomic E-state index is 4.24. The lowest BCUT2D eigenvalue weighted by Gasteiger charge is -2.22. The highest BCUT2D eigenvalue weighted by Gasteiger charge is 2.13. The molecule has 1 N–H and O–H groups in total. The molecule has 0 spiro atoms. The maximum Gasteiger partial charge on any atom is 0.222 e. The van der Waals surface area contributed by atoms with Gasteiger partial charge in [0.25, 0.3) is 0 Å². The van der Waals surface area contributed by atoms with Gasteiger partial charge in [0.1, 0.15) is 0 Å². The first-order valence-corrected chi connectivity index (χ1v) is 6.13. The molecule has 0 aliphatic carbocycles. The summed E-state index contributed by atoms with van der Waals surface area (Å²) in [5.41, 5.74) is 1.11. The van der Waals surface area contributed by atoms with E-state index in [0.29, 0.717) is 6.04 Å². The van der Waals surface area contributed by atoms with Crippen molar-refractivity contribution < 1.29 is 0 Å². The molecule has 1 aliphatic heterocycles. The van der Waals surface area contributed by atoms with E-state index in [1.807, 2.05) is 31.1 Å². The highest BCUT2D eigenvalue weighted by atomic mass is 32.2. The Balaban J connectivity index is 1.92. The van der Waals surface area contributed by atoms with Gasteiger partial charge in [-0.1, -0.05) is 0 Å². The zero-order chi connectivity index (χ0) is 9.80. The first-order valence-electron chi connectivity index (χ1n) is 4.97. The minimum atomic E-state index is 0.552. The number of nitrogens with one attached hydrogen (secondary N) is 1. The van der Waals surface area contributed by atoms with E-state index in [9.17, 15) is 0 Å². The third-order valence-corrected chi connectivity index (χ3v) is 3.49. The number of aromatic nitrogens is 2. The van der Waals surface area contributed by atoms with Crippen LogP contribution in [0.25, 0.3) is 0 Å². The van der Waals surface area contributed by atoms with Gasteiger partial charge in [-0.3, -0.25) is 0 Å². The van der Waals surface area contributed by atoms with Crippen LogP contribution in [0.2, 0.25) is 0 Å². The molecule has 76 valence electrons. The monoisotopic (exact) mass is 209 g/mol. The fraction of sp³-hybridized carbons (Fsp3) is 0.600. The van der Waals surface area contributed by atoms with Crippen LogP contribution < -0.4 is 5.32 Å². The van der Waals surface area contributed by atoms with Crippen LogP contribution in [0.3, 0.4) is 0 Å². The number of rotatable bonds is 2. The van der Waals surface area contributed by atoms with Crippen LogP contribution >= 0.6 is 11.8 Å². The van der Waals surface area contributed by atoms with Crippen LogP contribution in [0.15, 0.2) is 12.4 Å². The molecule has 1 aliphatic rings. The van der Waals surface area contributed by atoms with Crippen LogP contribution in [-0.4, -0.2) is 27.5 Å². The van der Waals surface area contributed by atoms with Gasteiger partial charge < -0.3 is 5.32 Å². The summed E-state index contributed by atoms with van der Waals surface area (Å²) in [4.78, 5) is 8.48. The Labute approximate surface area is 88.7 Å². The molecule has 0 bridgehead atoms. The third kappa shape index (κ3) is 2.61. The van der Waals surface area contributed by atoms with Gasteiger partial charge in [-0.2, -0.15) is 11.8 Å². The van der Waals surface area contributed by atoms with Crippen LogP contribution in [-0.2, 0) is 0 Å². The molecule has 1 saturated heterocycles. The lowest BCUT2D eigenvalue weighted by Crippen LogP contribution is -2.26. The zero-order valence-electron chi connectivity index (χ0n) is 8.36. The molecule has 1 unspecified atom stereocenters. The molecule has 0 radical (unpaired) electrons. The van der Waals surface area contributed by atoms with E-state index in [1.54, 1.807) is 0 Å². The molecule has 2 rings (SSSR count). The topological polar surface area (TPSA) is 37.8 Å². The van der Waals surface area contributed by atoms with E-state index in [1.165, 1.54) is 24.3 Å². The van der Waals surface area contributed by atoms with Gasteiger partial charge in [0.15, 0.2) is 0 Å². The predicted molar refractivity (Wildman–Crippen MR) is 60.7 cm³/mol. The Morgan fingerprint density at radius 2 is 2.21 bits per heavy atom. The fourth-order valence-corrected chi connectivity index (χ4v) is 2.58. The molecule has 1 aromatic heterocycles. The van der Waals surface area contributed by atoms with Gasteiger partial charge in [-0.15, -0.1) is 0 Å². The molecule has 1 aromatic rings. The Hall–Kier alpha value is -0.770. The van der Waals surface area contributed by atoms with Crippen molar-refractivity contribution in [2.24, 2.45) is 0 Å². The third-order valence-electron chi connectivity index (χ3n) is 2.27. The summed E-state index contributed by atoms with van der Waals surface area (Å²) >= 11 is 2.01. The van der Waals surface area contributed by atoms with Crippen molar-refractivity contribution in [1.82, 2.24) is 9.97 Å². The van der Waals surface area contributed by atoms with Crippen molar-refractivity contribution in [3.05, 3.63) is 18.0 Å². The first kappa shape index (κ1) is 9.77. The molecule has 0 amide bonds. The molecule has 0 aromatic carbocycles. The second-order valence-electron chi connectivity index (χ2n) is 3.64. The Bertz CT molecular complexity index is 280. The second-order valence-corrected chi connectivity index (χ2v) is 4.79. The van der Waals surface area contributed by atoms with Crippen molar-refractivity contribution in [3.63, 3.8) is 0 Å². The number of hydrogen-bond acceptors (Lipinski definition) is 4. The minimum absolute atomic E-state index is 0.552. The van der Waals surface area contributed by atoms with E-state index >= 15 is 0 Å². The summed E-state index contributed by atoms with van der Waals surface area (Å²) in [7, 11) is 0. The number of hydrogen-bond donors (Lipinski definition) is 1. The van der Waals surface area contributed by atoms with Crippen molar-refractivity contribution in [3.8, 4) is 0 Å². The molecule has 3 nitrogen and oxygen atoms in total. The second kappa shape index (κ2) is 4.64. The number of nitrogens with zero attached hydrogens (tertiary/aromatic N) is 2. The standard InChI is InChI=1S/C10H15N3S/c1-8-5-11-10(12-6-8)13-9-3-2-4-14-7-9/h5-6,9H,2-4,7H2,1H3,(H,11,12,13). The lowest BCUT2D eigenvalue weighted by atomic mass is 10.2. The van der Waals surface area contributed by atoms with E-state index in [4.69, 9.17) is 0 Å². The van der Waals surface area contributed by atoms with E-state index < -0.39 is 0 Å². The molecule has 4 heteroatoms. The lowest BCUT2D eigenvalue weighted by molar-refractivity contribution is 0.678. The molecule has 1 fully saturated rings. The smallest absolute Gasteiger partial charge is 0.222 e. The molecular weight excluding hydrogens is 194 g/mol. The largest absolute Gasteiger partial charge is 0.351 e. The number of thioether (sulfide) groups is 1. The normalized spacial score (nSPS) is 21.9. The fourth-order valence-electron chi connectivity index (χ4n) is 1.50. The van der Waals surface area contributed by atoms with E-state index in [2.05, 4.69) is 15.3 Å². The van der Waals surface area contributed by atoms with E-state index in [-0.39, 0.29) is 0 Å². The zero-order valence-corrected chi connectivity index (χ0v) is 9.18. The Morgan fingerprint density at radius 3 is 2.86 bits per heavy atom. The summed E-state index contributed by atoms with van der Waals surface area (Å²) in [5.74, 6) is 3.24. The van der Waals surface area contributed by atoms with Crippen LogP contribution in [0.1, 0.15) is 18.4 Å². The van der Waals surface area contributed by atoms with Crippen molar-refractivity contribution >= 4 is 17.7 Å². The highest BCUT2D eigenvalue weighted by Crippen LogP contribution is 2.19. The van der Waals surface area contributed by atoms with Gasteiger partial charge in [0.05, 0.1) is 0 Å². The molecule has 14 heavy (non-hydrogen) atoms. The summed E-state index contributed by atoms with van der Waals surface area (Å²) in [6, 6.07) is 0.552. The van der Waals surface area contributed by atoms with Crippen molar-refractivity contribution in [2.75, 3.05) is 16.8 Å². The molecule has 0 saturated carbocycles. The van der Waals surface area contributed by atoms with Gasteiger partial charge in [-0.05, 0) is 31.1 Å². The predicted octanol–water partition coefficient (Wildman–Crippen LogP) is 2.09. The van der Waals surface area contributed by atoms with Gasteiger partial charge in [0.2, 0.25) is 5.95 Å². The average molecular weight is 209 g/mol. The first-order chi connectivity index (χ1) is 6.84. The summed E-state index contributed by atoms with van der Waals surface area (Å²) in [6.07, 6.45) is 6.25. The van der Waals surface area contributed by atoms with Crippen molar-refractivity contribution in [2.45, 2.75) is 25.8 Å². The summed E-state index contributed by atoms with van der Waals surface area (Å²) < 4.78 is 0. The summed E-state index contributed by atoms with van der Waals surface area (Å²) in [6.45, 7) is 2.00. The van der Waals surface area contributed by atoms with Crippen LogP contribution in [0, 0.1) is 6.92 Å². The average Bonchev–Trinajstić information content (AvgIpc) is 2.23. The maximum absolute atomic E-state index is 4.24. The SMILES string of the molecule is Cc1cnc(NC2CCCSC2)nc1. The summed E-state index contributed by atoms with van der Waals surface area (Å²) in [5, 5.41) is 3.36. The molecule has 2 heterocycles. The van der Waals surface area contributed by atoms with Gasteiger partial charge in [-0.25, -0.2) is 9.97 Å².